The van der Waals surface area contributed by atoms with Crippen LogP contribution in [0.4, 0.5) is 0 Å². The van der Waals surface area contributed by atoms with Crippen LogP contribution in [0.3, 0.4) is 0 Å². The summed E-state index contributed by atoms with van der Waals surface area (Å²) in [5, 5.41) is 19.1. The van der Waals surface area contributed by atoms with Gasteiger partial charge in [-0.1, -0.05) is 50.1 Å². The van der Waals surface area contributed by atoms with Crippen LogP contribution in [0.1, 0.15) is 32.8 Å². The number of nitrogens with one attached hydrogen (secondary N) is 1. The van der Waals surface area contributed by atoms with Crippen molar-refractivity contribution in [2.24, 2.45) is 13.0 Å². The Hall–Kier alpha value is -1.36. The van der Waals surface area contributed by atoms with E-state index in [0.717, 1.165) is 23.2 Å². The SMILES string of the molecule is CCC(C)C(C)(O)CNCc1cn(C)nc1-c1ccccc1Cl. The molecule has 4 nitrogen and oxygen atoms in total. The number of halogens is 1. The van der Waals surface area contributed by atoms with Gasteiger partial charge >= 0.3 is 0 Å². The second kappa shape index (κ2) is 7.47. The second-order valence-corrected chi connectivity index (χ2v) is 6.83. The summed E-state index contributed by atoms with van der Waals surface area (Å²) < 4.78 is 1.79. The number of aliphatic hydroxyl groups is 1. The molecular weight excluding hydrogens is 310 g/mol. The minimum absolute atomic E-state index is 0.243. The molecule has 2 unspecified atom stereocenters. The molecule has 2 atom stereocenters. The molecule has 0 aliphatic heterocycles. The van der Waals surface area contributed by atoms with Gasteiger partial charge in [-0.05, 0) is 18.9 Å². The first-order chi connectivity index (χ1) is 10.8. The summed E-state index contributed by atoms with van der Waals surface area (Å²) in [6.07, 6.45) is 2.94. The number of benzene rings is 1. The van der Waals surface area contributed by atoms with Crippen LogP contribution in [-0.4, -0.2) is 27.0 Å². The van der Waals surface area contributed by atoms with E-state index in [1.165, 1.54) is 0 Å². The Balaban J connectivity index is 2.12. The van der Waals surface area contributed by atoms with Crippen LogP contribution in [0.25, 0.3) is 11.3 Å². The standard InChI is InChI=1S/C18H26ClN3O/c1-5-13(2)18(3,23)12-20-10-14-11-22(4)21-17(14)15-8-6-7-9-16(15)19/h6-9,11,13,20,23H,5,10,12H2,1-4H3. The van der Waals surface area contributed by atoms with Crippen molar-refractivity contribution < 1.29 is 5.11 Å². The number of aromatic nitrogens is 2. The van der Waals surface area contributed by atoms with Crippen molar-refractivity contribution in [3.05, 3.63) is 41.0 Å². The van der Waals surface area contributed by atoms with Crippen molar-refractivity contribution in [2.75, 3.05) is 6.54 Å². The molecule has 23 heavy (non-hydrogen) atoms. The first-order valence-electron chi connectivity index (χ1n) is 8.05. The number of hydrogen-bond acceptors (Lipinski definition) is 3. The Morgan fingerprint density at radius 2 is 2.09 bits per heavy atom. The molecule has 0 bridgehead atoms. The Morgan fingerprint density at radius 1 is 1.39 bits per heavy atom. The van der Waals surface area contributed by atoms with E-state index in [4.69, 9.17) is 11.6 Å². The van der Waals surface area contributed by atoms with Gasteiger partial charge in [-0.15, -0.1) is 0 Å². The fourth-order valence-electron chi connectivity index (χ4n) is 2.61. The van der Waals surface area contributed by atoms with E-state index < -0.39 is 5.60 Å². The summed E-state index contributed by atoms with van der Waals surface area (Å²) in [6.45, 7) is 7.23. The predicted octanol–water partition coefficient (Wildman–Crippen LogP) is 3.63. The van der Waals surface area contributed by atoms with Crippen LogP contribution in [0.2, 0.25) is 5.02 Å². The number of rotatable bonds is 7. The van der Waals surface area contributed by atoms with Crippen LogP contribution < -0.4 is 5.32 Å². The maximum Gasteiger partial charge on any atom is 0.0982 e. The average Bonchev–Trinajstić information content (AvgIpc) is 2.87. The molecular formula is C18H26ClN3O. The van der Waals surface area contributed by atoms with Crippen molar-refractivity contribution in [3.8, 4) is 11.3 Å². The maximum absolute atomic E-state index is 10.5. The molecule has 126 valence electrons. The summed E-state index contributed by atoms with van der Waals surface area (Å²) in [4.78, 5) is 0. The molecule has 1 aromatic heterocycles. The van der Waals surface area contributed by atoms with Crippen molar-refractivity contribution in [3.63, 3.8) is 0 Å². The molecule has 0 saturated heterocycles. The van der Waals surface area contributed by atoms with Crippen LogP contribution >= 0.6 is 11.6 Å². The molecule has 0 saturated carbocycles. The van der Waals surface area contributed by atoms with Gasteiger partial charge in [0.1, 0.15) is 0 Å². The van der Waals surface area contributed by atoms with Crippen molar-refractivity contribution in [1.29, 1.82) is 0 Å². The third kappa shape index (κ3) is 4.34. The van der Waals surface area contributed by atoms with Gasteiger partial charge in [-0.25, -0.2) is 0 Å². The highest BCUT2D eigenvalue weighted by Gasteiger charge is 2.26. The molecule has 2 aromatic rings. The fourth-order valence-corrected chi connectivity index (χ4v) is 2.84. The zero-order chi connectivity index (χ0) is 17.0. The molecule has 0 aliphatic carbocycles. The van der Waals surface area contributed by atoms with E-state index in [1.54, 1.807) is 4.68 Å². The third-order valence-electron chi connectivity index (χ3n) is 4.51. The summed E-state index contributed by atoms with van der Waals surface area (Å²) in [5.41, 5.74) is 2.16. The van der Waals surface area contributed by atoms with Gasteiger partial charge in [0.25, 0.3) is 0 Å². The monoisotopic (exact) mass is 335 g/mol. The smallest absolute Gasteiger partial charge is 0.0982 e. The molecule has 0 aliphatic rings. The quantitative estimate of drug-likeness (QED) is 0.812. The van der Waals surface area contributed by atoms with E-state index in [9.17, 15) is 5.11 Å². The van der Waals surface area contributed by atoms with Gasteiger partial charge in [0.15, 0.2) is 0 Å². The van der Waals surface area contributed by atoms with Gasteiger partial charge in [0, 0.05) is 37.5 Å². The minimum atomic E-state index is -0.721. The lowest BCUT2D eigenvalue weighted by molar-refractivity contribution is 0.00535. The molecule has 2 N–H and O–H groups in total. The molecule has 1 aromatic carbocycles. The van der Waals surface area contributed by atoms with Gasteiger partial charge in [0.05, 0.1) is 16.3 Å². The highest BCUT2D eigenvalue weighted by Crippen LogP contribution is 2.29. The summed E-state index contributed by atoms with van der Waals surface area (Å²) >= 11 is 6.30. The molecule has 2 rings (SSSR count). The Morgan fingerprint density at radius 3 is 2.74 bits per heavy atom. The van der Waals surface area contributed by atoms with Crippen LogP contribution in [0.15, 0.2) is 30.5 Å². The molecule has 1 heterocycles. The van der Waals surface area contributed by atoms with Crippen LogP contribution in [-0.2, 0) is 13.6 Å². The first-order valence-corrected chi connectivity index (χ1v) is 8.43. The topological polar surface area (TPSA) is 50.1 Å². The lowest BCUT2D eigenvalue weighted by Crippen LogP contribution is -2.42. The normalized spacial score (nSPS) is 15.4. The van der Waals surface area contributed by atoms with E-state index in [0.29, 0.717) is 18.1 Å². The van der Waals surface area contributed by atoms with E-state index in [-0.39, 0.29) is 5.92 Å². The third-order valence-corrected chi connectivity index (χ3v) is 4.84. The molecule has 0 fully saturated rings. The number of aryl methyl sites for hydroxylation is 1. The second-order valence-electron chi connectivity index (χ2n) is 6.43. The average molecular weight is 336 g/mol. The van der Waals surface area contributed by atoms with Gasteiger partial charge in [-0.3, -0.25) is 4.68 Å². The number of nitrogens with zero attached hydrogens (tertiary/aromatic N) is 2. The van der Waals surface area contributed by atoms with Gasteiger partial charge < -0.3 is 10.4 Å². The zero-order valence-corrected chi connectivity index (χ0v) is 15.1. The van der Waals surface area contributed by atoms with E-state index in [2.05, 4.69) is 24.3 Å². The zero-order valence-electron chi connectivity index (χ0n) is 14.3. The highest BCUT2D eigenvalue weighted by atomic mass is 35.5. The molecule has 5 heteroatoms. The van der Waals surface area contributed by atoms with Crippen molar-refractivity contribution in [2.45, 2.75) is 39.3 Å². The Labute approximate surface area is 143 Å². The van der Waals surface area contributed by atoms with Crippen molar-refractivity contribution in [1.82, 2.24) is 15.1 Å². The van der Waals surface area contributed by atoms with Gasteiger partial charge in [-0.2, -0.15) is 5.10 Å². The molecule has 0 radical (unpaired) electrons. The van der Waals surface area contributed by atoms with Gasteiger partial charge in [0.2, 0.25) is 0 Å². The molecule has 0 amide bonds. The highest BCUT2D eigenvalue weighted by molar-refractivity contribution is 6.33. The Bertz CT molecular complexity index is 651. The summed E-state index contributed by atoms with van der Waals surface area (Å²) in [7, 11) is 1.90. The Kier molecular flexibility index (Phi) is 5.84. The first kappa shape index (κ1) is 18.0. The summed E-state index contributed by atoms with van der Waals surface area (Å²) in [5.74, 6) is 0.243. The predicted molar refractivity (Wildman–Crippen MR) is 95.4 cm³/mol. The molecule has 0 spiro atoms. The van der Waals surface area contributed by atoms with E-state index in [1.807, 2.05) is 44.4 Å². The summed E-state index contributed by atoms with van der Waals surface area (Å²) in [6, 6.07) is 7.72. The van der Waals surface area contributed by atoms with Crippen molar-refractivity contribution >= 4 is 11.6 Å². The van der Waals surface area contributed by atoms with Crippen LogP contribution in [0.5, 0.6) is 0 Å². The minimum Gasteiger partial charge on any atom is -0.389 e. The maximum atomic E-state index is 10.5. The fraction of sp³-hybridized carbons (Fsp3) is 0.500. The number of hydrogen-bond donors (Lipinski definition) is 2. The largest absolute Gasteiger partial charge is 0.389 e. The van der Waals surface area contributed by atoms with E-state index >= 15 is 0 Å². The lowest BCUT2D eigenvalue weighted by Gasteiger charge is -2.30. The lowest BCUT2D eigenvalue weighted by atomic mass is 9.88. The van der Waals surface area contributed by atoms with Crippen LogP contribution in [0, 0.1) is 5.92 Å².